The van der Waals surface area contributed by atoms with E-state index in [0.717, 1.165) is 16.5 Å². The second-order valence-corrected chi connectivity index (χ2v) is 10.6. The maximum Gasteiger partial charge on any atom is 0.127 e. The average Bonchev–Trinajstić information content (AvgIpc) is 2.95. The molecule has 0 radical (unpaired) electrons. The van der Waals surface area contributed by atoms with Crippen LogP contribution in [0.25, 0.3) is 66.1 Å². The predicted octanol–water partition coefficient (Wildman–Crippen LogP) is 8.63. The molecule has 0 bridgehead atoms. The molecular formula is C36H28O7. The standard InChI is InChI=1S/C36H28O7/c1-4-19-5-20-6-26(17(2)37)32(39)12-22(20)8-28(19)29-9-23-16-36(43)31(11-25(23)15-34(29)41)30-10-24-13-33(40)27(18(3)38)7-21(24)14-35(30)42/h5-16,37-43H,2-4H2,1H3. The molecule has 0 saturated heterocycles. The molecule has 0 aliphatic heterocycles. The maximum atomic E-state index is 11.2. The molecule has 0 aromatic heterocycles. The van der Waals surface area contributed by atoms with Gasteiger partial charge < -0.3 is 35.7 Å². The van der Waals surface area contributed by atoms with Gasteiger partial charge in [-0.2, -0.15) is 0 Å². The zero-order valence-corrected chi connectivity index (χ0v) is 23.2. The SMILES string of the molecule is C=C(O)c1cc2cc(O)c(-c3cc4cc(O)c(-c5cc6cc(O)c(C(=C)O)cc6cc5CC)cc4cc3O)cc2cc1O. The third-order valence-corrected chi connectivity index (χ3v) is 7.90. The summed E-state index contributed by atoms with van der Waals surface area (Å²) in [7, 11) is 0. The van der Waals surface area contributed by atoms with Gasteiger partial charge in [-0.25, -0.2) is 0 Å². The molecule has 7 nitrogen and oxygen atoms in total. The number of fused-ring (bicyclic) bond motifs is 3. The number of aromatic hydroxyl groups is 5. The van der Waals surface area contributed by atoms with Gasteiger partial charge in [-0.15, -0.1) is 0 Å². The summed E-state index contributed by atoms with van der Waals surface area (Å²) in [6.45, 7) is 8.95. The van der Waals surface area contributed by atoms with E-state index in [0.29, 0.717) is 50.0 Å². The zero-order chi connectivity index (χ0) is 30.7. The van der Waals surface area contributed by atoms with Crippen LogP contribution in [0.2, 0.25) is 0 Å². The molecule has 6 aromatic rings. The summed E-state index contributed by atoms with van der Waals surface area (Å²) in [6.07, 6.45) is 0.647. The van der Waals surface area contributed by atoms with Crippen LogP contribution in [0.5, 0.6) is 28.7 Å². The summed E-state index contributed by atoms with van der Waals surface area (Å²) >= 11 is 0. The minimum atomic E-state index is -0.302. The van der Waals surface area contributed by atoms with Crippen molar-refractivity contribution in [3.05, 3.63) is 103 Å². The van der Waals surface area contributed by atoms with Gasteiger partial charge in [-0.1, -0.05) is 26.1 Å². The van der Waals surface area contributed by atoms with Gasteiger partial charge in [-0.3, -0.25) is 0 Å². The van der Waals surface area contributed by atoms with Gasteiger partial charge in [-0.05, 0) is 117 Å². The Morgan fingerprint density at radius 3 is 1.12 bits per heavy atom. The van der Waals surface area contributed by atoms with Gasteiger partial charge in [0.25, 0.3) is 0 Å². The van der Waals surface area contributed by atoms with Crippen molar-refractivity contribution in [3.63, 3.8) is 0 Å². The van der Waals surface area contributed by atoms with Gasteiger partial charge in [0.05, 0.1) is 11.1 Å². The number of rotatable bonds is 5. The van der Waals surface area contributed by atoms with Crippen LogP contribution in [-0.4, -0.2) is 35.7 Å². The topological polar surface area (TPSA) is 142 Å². The molecule has 0 amide bonds. The summed E-state index contributed by atoms with van der Waals surface area (Å²) in [5.41, 5.74) is 3.26. The number of hydrogen-bond donors (Lipinski definition) is 7. The molecule has 7 N–H and O–H groups in total. The Morgan fingerprint density at radius 1 is 0.442 bits per heavy atom. The molecule has 214 valence electrons. The summed E-state index contributed by atoms with van der Waals surface area (Å²) in [6, 6.07) is 19.7. The normalized spacial score (nSPS) is 11.4. The van der Waals surface area contributed by atoms with Crippen LogP contribution < -0.4 is 0 Å². The van der Waals surface area contributed by atoms with Crippen LogP contribution in [0, 0.1) is 0 Å². The Hall–Kier alpha value is -5.82. The summed E-state index contributed by atoms with van der Waals surface area (Å²) in [5.74, 6) is -1.03. The number of phenolic OH excluding ortho intramolecular Hbond substituents is 5. The highest BCUT2D eigenvalue weighted by molar-refractivity contribution is 6.00. The molecule has 6 rings (SSSR count). The van der Waals surface area contributed by atoms with E-state index in [4.69, 9.17) is 0 Å². The Balaban J connectivity index is 1.49. The van der Waals surface area contributed by atoms with Gasteiger partial charge in [0.15, 0.2) is 0 Å². The lowest BCUT2D eigenvalue weighted by Crippen LogP contribution is -1.92. The van der Waals surface area contributed by atoms with Gasteiger partial charge >= 0.3 is 0 Å². The van der Waals surface area contributed by atoms with E-state index in [1.165, 1.54) is 18.2 Å². The lowest BCUT2D eigenvalue weighted by atomic mass is 9.90. The predicted molar refractivity (Wildman–Crippen MR) is 171 cm³/mol. The first kappa shape index (κ1) is 27.4. The van der Waals surface area contributed by atoms with E-state index in [1.54, 1.807) is 42.5 Å². The minimum absolute atomic E-state index is 0.00665. The van der Waals surface area contributed by atoms with Gasteiger partial charge in [0, 0.05) is 16.7 Å². The number of aliphatic hydroxyl groups is 2. The fourth-order valence-corrected chi connectivity index (χ4v) is 5.69. The monoisotopic (exact) mass is 572 g/mol. The van der Waals surface area contributed by atoms with Crippen LogP contribution in [0.4, 0.5) is 0 Å². The molecule has 0 heterocycles. The van der Waals surface area contributed by atoms with E-state index >= 15 is 0 Å². The van der Waals surface area contributed by atoms with Crippen molar-refractivity contribution in [1.82, 2.24) is 0 Å². The molecule has 0 aliphatic carbocycles. The second kappa shape index (κ2) is 9.92. The van der Waals surface area contributed by atoms with Crippen molar-refractivity contribution >= 4 is 43.8 Å². The van der Waals surface area contributed by atoms with Crippen molar-refractivity contribution in [2.45, 2.75) is 13.3 Å². The first-order valence-electron chi connectivity index (χ1n) is 13.5. The third kappa shape index (κ3) is 4.57. The molecule has 7 heteroatoms. The number of benzene rings is 6. The first-order chi connectivity index (χ1) is 20.4. The van der Waals surface area contributed by atoms with Crippen molar-refractivity contribution in [2.75, 3.05) is 0 Å². The van der Waals surface area contributed by atoms with Crippen LogP contribution in [0.3, 0.4) is 0 Å². The van der Waals surface area contributed by atoms with Crippen LogP contribution >= 0.6 is 0 Å². The highest BCUT2D eigenvalue weighted by atomic mass is 16.3. The van der Waals surface area contributed by atoms with Crippen molar-refractivity contribution in [3.8, 4) is 51.0 Å². The van der Waals surface area contributed by atoms with Gasteiger partial charge in [0.2, 0.25) is 0 Å². The fourth-order valence-electron chi connectivity index (χ4n) is 5.69. The molecule has 6 aromatic carbocycles. The summed E-state index contributed by atoms with van der Waals surface area (Å²) < 4.78 is 0. The first-order valence-corrected chi connectivity index (χ1v) is 13.5. The summed E-state index contributed by atoms with van der Waals surface area (Å²) in [5, 5.41) is 77.3. The molecule has 0 spiro atoms. The Kier molecular flexibility index (Phi) is 6.31. The van der Waals surface area contributed by atoms with Crippen molar-refractivity contribution in [2.24, 2.45) is 0 Å². The molecule has 0 fully saturated rings. The van der Waals surface area contributed by atoms with Crippen LogP contribution in [0.15, 0.2) is 86.0 Å². The molecule has 0 aliphatic rings. The highest BCUT2D eigenvalue weighted by Gasteiger charge is 2.18. The van der Waals surface area contributed by atoms with Crippen LogP contribution in [0.1, 0.15) is 23.6 Å². The molecule has 0 atom stereocenters. The molecular weight excluding hydrogens is 544 g/mol. The Bertz CT molecular complexity index is 2180. The lowest BCUT2D eigenvalue weighted by molar-refractivity contribution is 0.460. The van der Waals surface area contributed by atoms with Crippen LogP contribution in [-0.2, 0) is 6.42 Å². The van der Waals surface area contributed by atoms with E-state index in [-0.39, 0.29) is 51.4 Å². The summed E-state index contributed by atoms with van der Waals surface area (Å²) in [4.78, 5) is 0. The smallest absolute Gasteiger partial charge is 0.127 e. The van der Waals surface area contributed by atoms with Crippen molar-refractivity contribution < 1.29 is 35.7 Å². The maximum absolute atomic E-state index is 11.2. The van der Waals surface area contributed by atoms with E-state index in [9.17, 15) is 35.7 Å². The Labute approximate surface area is 246 Å². The number of aryl methyl sites for hydroxylation is 1. The largest absolute Gasteiger partial charge is 0.508 e. The van der Waals surface area contributed by atoms with E-state index in [2.05, 4.69) is 13.2 Å². The number of aliphatic hydroxyl groups excluding tert-OH is 2. The molecule has 0 unspecified atom stereocenters. The Morgan fingerprint density at radius 2 is 0.744 bits per heavy atom. The molecule has 0 saturated carbocycles. The average molecular weight is 573 g/mol. The number of hydrogen-bond acceptors (Lipinski definition) is 7. The van der Waals surface area contributed by atoms with E-state index < -0.39 is 0 Å². The lowest BCUT2D eigenvalue weighted by Gasteiger charge is -2.16. The quantitative estimate of drug-likeness (QED) is 0.103. The van der Waals surface area contributed by atoms with Crippen molar-refractivity contribution in [1.29, 1.82) is 0 Å². The third-order valence-electron chi connectivity index (χ3n) is 7.90. The fraction of sp³-hybridized carbons (Fsp3) is 0.0556. The van der Waals surface area contributed by atoms with Gasteiger partial charge in [0.1, 0.15) is 40.3 Å². The second-order valence-electron chi connectivity index (χ2n) is 10.6. The highest BCUT2D eigenvalue weighted by Crippen LogP contribution is 2.44. The molecule has 43 heavy (non-hydrogen) atoms. The van der Waals surface area contributed by atoms with E-state index in [1.807, 2.05) is 19.1 Å². The zero-order valence-electron chi connectivity index (χ0n) is 23.2. The minimum Gasteiger partial charge on any atom is -0.508 e. The number of phenols is 5.